The molecule has 0 atom stereocenters. The number of pyridine rings is 1. The van der Waals surface area contributed by atoms with E-state index in [0.717, 1.165) is 78.3 Å². The molecule has 6 aromatic carbocycles. The normalized spacial score (nSPS) is 12.6. The van der Waals surface area contributed by atoms with Gasteiger partial charge in [-0.25, -0.2) is 9.97 Å². The Balaban J connectivity index is 1.03. The summed E-state index contributed by atoms with van der Waals surface area (Å²) >= 11 is 0. The van der Waals surface area contributed by atoms with Crippen LogP contribution in [0, 0.1) is 13.8 Å². The van der Waals surface area contributed by atoms with E-state index in [0.29, 0.717) is 0 Å². The maximum absolute atomic E-state index is 6.71. The van der Waals surface area contributed by atoms with Crippen LogP contribution in [0.2, 0.25) is 0 Å². The van der Waals surface area contributed by atoms with Crippen molar-refractivity contribution < 1.29 is 4.74 Å². The van der Waals surface area contributed by atoms with Gasteiger partial charge in [-0.05, 0) is 81.0 Å². The van der Waals surface area contributed by atoms with Gasteiger partial charge in [-0.2, -0.15) is 0 Å². The molecule has 0 fully saturated rings. The molecule has 0 aliphatic carbocycles. The molecular formula is C47H35BN6O. The molecule has 0 amide bonds. The third kappa shape index (κ3) is 4.71. The Labute approximate surface area is 318 Å². The minimum atomic E-state index is 0.00376. The van der Waals surface area contributed by atoms with Gasteiger partial charge in [0, 0.05) is 69.2 Å². The van der Waals surface area contributed by atoms with Gasteiger partial charge < -0.3 is 18.6 Å². The van der Waals surface area contributed by atoms with Crippen LogP contribution in [-0.4, -0.2) is 37.6 Å². The van der Waals surface area contributed by atoms with Crippen LogP contribution in [0.1, 0.15) is 11.1 Å². The Morgan fingerprint density at radius 3 is 2.02 bits per heavy atom. The average Bonchev–Trinajstić information content (AvgIpc) is 3.92. The Kier molecular flexibility index (Phi) is 6.86. The van der Waals surface area contributed by atoms with E-state index in [1.807, 2.05) is 12.4 Å². The standard InChI is InChI=1S/C47H35BN6O/c1-30-12-11-13-31(2)46(30)48-51(3)40-23-21-33(26-38(40)47-49-24-25-52(47)48)55-34-20-22-37-35-16-7-10-19-42(35)54(43(37)27-34)45-28-44-39(29-50-45)36-17-8-9-18-41(36)53(44)32-14-5-4-6-15-32/h4-29H,1-3H3. The Morgan fingerprint density at radius 2 is 1.22 bits per heavy atom. The lowest BCUT2D eigenvalue weighted by Crippen LogP contribution is -2.56. The van der Waals surface area contributed by atoms with Crippen LogP contribution in [0.25, 0.3) is 66.5 Å². The highest BCUT2D eigenvalue weighted by Crippen LogP contribution is 2.41. The van der Waals surface area contributed by atoms with E-state index >= 15 is 0 Å². The summed E-state index contributed by atoms with van der Waals surface area (Å²) in [5.41, 5.74) is 11.5. The topological polar surface area (TPSA) is 53.0 Å². The summed E-state index contributed by atoms with van der Waals surface area (Å²) in [5, 5.41) is 4.60. The Bertz CT molecular complexity index is 3120. The van der Waals surface area contributed by atoms with Crippen LogP contribution in [0.4, 0.5) is 5.69 Å². The van der Waals surface area contributed by atoms with Gasteiger partial charge in [0.2, 0.25) is 0 Å². The van der Waals surface area contributed by atoms with Crippen LogP contribution in [0.5, 0.6) is 11.5 Å². The van der Waals surface area contributed by atoms with Gasteiger partial charge in [-0.15, -0.1) is 0 Å². The first-order valence-electron chi connectivity index (χ1n) is 18.7. The van der Waals surface area contributed by atoms with Crippen molar-refractivity contribution in [3.05, 3.63) is 169 Å². The zero-order valence-electron chi connectivity index (χ0n) is 30.7. The molecule has 0 bridgehead atoms. The summed E-state index contributed by atoms with van der Waals surface area (Å²) < 4.78 is 13.6. The maximum atomic E-state index is 6.71. The molecule has 10 aromatic rings. The largest absolute Gasteiger partial charge is 0.457 e. The van der Waals surface area contributed by atoms with Gasteiger partial charge in [-0.1, -0.05) is 83.9 Å². The summed E-state index contributed by atoms with van der Waals surface area (Å²) in [6, 6.07) is 49.1. The molecule has 0 saturated carbocycles. The maximum Gasteiger partial charge on any atom is 0.417 e. The number of aromatic nitrogens is 5. The van der Waals surface area contributed by atoms with Crippen molar-refractivity contribution in [2.45, 2.75) is 13.8 Å². The lowest BCUT2D eigenvalue weighted by Gasteiger charge is -2.36. The number of nitrogens with zero attached hydrogens (tertiary/aromatic N) is 6. The predicted molar refractivity (Wildman–Crippen MR) is 226 cm³/mol. The average molecular weight is 711 g/mol. The highest BCUT2D eigenvalue weighted by Gasteiger charge is 2.37. The highest BCUT2D eigenvalue weighted by molar-refractivity contribution is 6.77. The van der Waals surface area contributed by atoms with Crippen molar-refractivity contribution in [2.24, 2.45) is 0 Å². The number of aryl methyl sites for hydroxylation is 2. The molecule has 4 aromatic heterocycles. The summed E-state index contributed by atoms with van der Waals surface area (Å²) in [6.45, 7) is 4.38. The van der Waals surface area contributed by atoms with E-state index < -0.39 is 0 Å². The van der Waals surface area contributed by atoms with Crippen LogP contribution < -0.4 is 15.0 Å². The third-order valence-electron chi connectivity index (χ3n) is 11.4. The van der Waals surface area contributed by atoms with Gasteiger partial charge in [0.1, 0.15) is 23.1 Å². The monoisotopic (exact) mass is 710 g/mol. The summed E-state index contributed by atoms with van der Waals surface area (Å²) in [5.74, 6) is 3.27. The van der Waals surface area contributed by atoms with Crippen LogP contribution >= 0.6 is 0 Å². The lowest BCUT2D eigenvalue weighted by molar-refractivity contribution is 0.483. The Hall–Kier alpha value is -7.06. The summed E-state index contributed by atoms with van der Waals surface area (Å²) in [7, 11) is 2.16. The molecule has 0 saturated heterocycles. The van der Waals surface area contributed by atoms with E-state index in [1.165, 1.54) is 22.0 Å². The lowest BCUT2D eigenvalue weighted by atomic mass is 9.60. The molecule has 0 radical (unpaired) electrons. The number of anilines is 1. The molecule has 262 valence electrons. The van der Waals surface area contributed by atoms with E-state index in [-0.39, 0.29) is 6.98 Å². The smallest absolute Gasteiger partial charge is 0.417 e. The quantitative estimate of drug-likeness (QED) is 0.167. The van der Waals surface area contributed by atoms with Crippen LogP contribution in [-0.2, 0) is 0 Å². The van der Waals surface area contributed by atoms with E-state index in [4.69, 9.17) is 14.7 Å². The molecule has 5 heterocycles. The molecule has 0 spiro atoms. The highest BCUT2D eigenvalue weighted by atomic mass is 16.5. The molecule has 0 N–H and O–H groups in total. The first-order chi connectivity index (χ1) is 27.0. The number of hydrogen-bond donors (Lipinski definition) is 0. The number of benzene rings is 6. The second-order valence-electron chi connectivity index (χ2n) is 14.5. The van der Waals surface area contributed by atoms with Crippen molar-refractivity contribution in [1.29, 1.82) is 0 Å². The summed E-state index contributed by atoms with van der Waals surface area (Å²) in [4.78, 5) is 12.3. The molecular weight excluding hydrogens is 675 g/mol. The minimum absolute atomic E-state index is 0.00376. The predicted octanol–water partition coefficient (Wildman–Crippen LogP) is 10.2. The van der Waals surface area contributed by atoms with E-state index in [2.05, 4.69) is 185 Å². The molecule has 0 unspecified atom stereocenters. The van der Waals surface area contributed by atoms with Crippen molar-refractivity contribution in [3.8, 4) is 34.4 Å². The first kappa shape index (κ1) is 31.5. The second kappa shape index (κ2) is 12.0. The SMILES string of the molecule is Cc1cccc(C)c1B1N(C)c2ccc(Oc3ccc4c5ccccc5n(-c5cc6c(cn5)c5ccccc5n6-c5ccccc5)c4c3)cc2-c2nccn21. The number of hydrogen-bond acceptors (Lipinski definition) is 4. The molecule has 55 heavy (non-hydrogen) atoms. The Morgan fingerprint density at radius 1 is 0.564 bits per heavy atom. The number of imidazole rings is 1. The molecule has 11 rings (SSSR count). The molecule has 1 aliphatic rings. The van der Waals surface area contributed by atoms with Crippen molar-refractivity contribution >= 4 is 61.7 Å². The molecule has 7 nitrogen and oxygen atoms in total. The second-order valence-corrected chi connectivity index (χ2v) is 14.5. The van der Waals surface area contributed by atoms with Gasteiger partial charge in [0.15, 0.2) is 0 Å². The minimum Gasteiger partial charge on any atom is -0.457 e. The van der Waals surface area contributed by atoms with Crippen LogP contribution in [0.15, 0.2) is 158 Å². The van der Waals surface area contributed by atoms with Crippen molar-refractivity contribution in [1.82, 2.24) is 23.6 Å². The van der Waals surface area contributed by atoms with Gasteiger partial charge in [0.25, 0.3) is 0 Å². The zero-order chi connectivity index (χ0) is 36.8. The van der Waals surface area contributed by atoms with E-state index in [1.54, 1.807) is 0 Å². The zero-order valence-corrected chi connectivity index (χ0v) is 30.7. The fourth-order valence-corrected chi connectivity index (χ4v) is 8.90. The van der Waals surface area contributed by atoms with Crippen LogP contribution in [0.3, 0.4) is 0 Å². The number of para-hydroxylation sites is 3. The fourth-order valence-electron chi connectivity index (χ4n) is 8.90. The van der Waals surface area contributed by atoms with Gasteiger partial charge in [0.05, 0.1) is 22.1 Å². The molecule has 8 heteroatoms. The number of fused-ring (bicyclic) bond motifs is 9. The molecule has 1 aliphatic heterocycles. The van der Waals surface area contributed by atoms with E-state index in [9.17, 15) is 0 Å². The van der Waals surface area contributed by atoms with Crippen molar-refractivity contribution in [3.63, 3.8) is 0 Å². The van der Waals surface area contributed by atoms with Gasteiger partial charge in [-0.3, -0.25) is 4.57 Å². The van der Waals surface area contributed by atoms with Gasteiger partial charge >= 0.3 is 6.98 Å². The third-order valence-corrected chi connectivity index (χ3v) is 11.4. The van der Waals surface area contributed by atoms with Crippen molar-refractivity contribution in [2.75, 3.05) is 11.9 Å². The number of ether oxygens (including phenoxy) is 1. The first-order valence-corrected chi connectivity index (χ1v) is 18.7. The summed E-state index contributed by atoms with van der Waals surface area (Å²) in [6.07, 6.45) is 5.99. The fraction of sp³-hybridized carbons (Fsp3) is 0.0638. The number of rotatable bonds is 5.